The zero-order chi connectivity index (χ0) is 15.6. The van der Waals surface area contributed by atoms with Crippen molar-refractivity contribution in [2.75, 3.05) is 39.1 Å². The highest BCUT2D eigenvalue weighted by Gasteiger charge is 2.32. The average Bonchev–Trinajstić information content (AvgIpc) is 2.77. The van der Waals surface area contributed by atoms with Crippen LogP contribution in [0.1, 0.15) is 24.9 Å². The van der Waals surface area contributed by atoms with E-state index in [1.165, 1.54) is 0 Å². The van der Waals surface area contributed by atoms with Gasteiger partial charge in [0.2, 0.25) is 0 Å². The van der Waals surface area contributed by atoms with Crippen LogP contribution >= 0.6 is 0 Å². The molecule has 0 amide bonds. The van der Waals surface area contributed by atoms with Crippen LogP contribution < -0.4 is 10.2 Å². The topological polar surface area (TPSA) is 38.7 Å². The molecule has 21 heavy (non-hydrogen) atoms. The van der Waals surface area contributed by atoms with E-state index in [2.05, 4.69) is 10.2 Å². The summed E-state index contributed by atoms with van der Waals surface area (Å²) < 4.78 is 14.5. The monoisotopic (exact) mass is 295 g/mol. The number of hydrogen-bond acceptors (Lipinski definition) is 4. The molecule has 1 saturated heterocycles. The highest BCUT2D eigenvalue weighted by atomic mass is 19.1. The predicted molar refractivity (Wildman–Crippen MR) is 84.2 cm³/mol. The Kier molecular flexibility index (Phi) is 5.19. The van der Waals surface area contributed by atoms with Gasteiger partial charge in [-0.2, -0.15) is 0 Å². The van der Waals surface area contributed by atoms with Crippen LogP contribution in [0.3, 0.4) is 0 Å². The van der Waals surface area contributed by atoms with Gasteiger partial charge in [0, 0.05) is 25.2 Å². The first kappa shape index (κ1) is 16.2. The van der Waals surface area contributed by atoms with Gasteiger partial charge in [0.15, 0.2) is 0 Å². The number of aliphatic hydroxyl groups is 1. The molecule has 1 aliphatic heterocycles. The van der Waals surface area contributed by atoms with Crippen molar-refractivity contribution in [1.82, 2.24) is 10.2 Å². The first-order valence-corrected chi connectivity index (χ1v) is 7.48. The van der Waals surface area contributed by atoms with Crippen LogP contribution in [0.4, 0.5) is 10.1 Å². The molecule has 4 nitrogen and oxygen atoms in total. The quantitative estimate of drug-likeness (QED) is 0.865. The van der Waals surface area contributed by atoms with Crippen molar-refractivity contribution in [2.45, 2.75) is 31.5 Å². The fourth-order valence-corrected chi connectivity index (χ4v) is 2.97. The second kappa shape index (κ2) is 6.73. The van der Waals surface area contributed by atoms with Gasteiger partial charge in [0.1, 0.15) is 5.82 Å². The lowest BCUT2D eigenvalue weighted by atomic mass is 10.1. The van der Waals surface area contributed by atoms with Gasteiger partial charge in [-0.3, -0.25) is 0 Å². The Morgan fingerprint density at radius 2 is 2.19 bits per heavy atom. The third-order valence-corrected chi connectivity index (χ3v) is 4.18. The van der Waals surface area contributed by atoms with Gasteiger partial charge in [0.25, 0.3) is 0 Å². The minimum absolute atomic E-state index is 0.121. The number of benzene rings is 1. The van der Waals surface area contributed by atoms with Crippen LogP contribution in [-0.4, -0.2) is 56.4 Å². The number of anilines is 1. The van der Waals surface area contributed by atoms with Crippen LogP contribution in [0.5, 0.6) is 0 Å². The maximum absolute atomic E-state index is 14.5. The molecule has 3 unspecified atom stereocenters. The van der Waals surface area contributed by atoms with Crippen LogP contribution in [0.15, 0.2) is 18.2 Å². The summed E-state index contributed by atoms with van der Waals surface area (Å²) >= 11 is 0. The fourth-order valence-electron chi connectivity index (χ4n) is 2.97. The van der Waals surface area contributed by atoms with Crippen molar-refractivity contribution < 1.29 is 9.50 Å². The number of β-amino-alcohol motifs (C(OH)–C–C–N with tert-alkyl or cyclic N) is 1. The Morgan fingerprint density at radius 1 is 1.48 bits per heavy atom. The van der Waals surface area contributed by atoms with Gasteiger partial charge in [0.05, 0.1) is 11.8 Å². The standard InChI is InChI=1S/C16H26FN3O/c1-11(18-2)12-5-6-16(15(17)7-12)20-10-14(21)8-13(20)9-19(3)4/h5-7,11,13-14,18,21H,8-10H2,1-4H3. The van der Waals surface area contributed by atoms with E-state index in [0.29, 0.717) is 18.7 Å². The molecule has 0 saturated carbocycles. The number of hydrogen-bond donors (Lipinski definition) is 2. The smallest absolute Gasteiger partial charge is 0.146 e. The van der Waals surface area contributed by atoms with Gasteiger partial charge >= 0.3 is 0 Å². The van der Waals surface area contributed by atoms with Crippen LogP contribution in [-0.2, 0) is 0 Å². The Morgan fingerprint density at radius 3 is 2.76 bits per heavy atom. The summed E-state index contributed by atoms with van der Waals surface area (Å²) in [5.74, 6) is -0.215. The van der Waals surface area contributed by atoms with Crippen molar-refractivity contribution in [3.63, 3.8) is 0 Å². The third-order valence-electron chi connectivity index (χ3n) is 4.18. The summed E-state index contributed by atoms with van der Waals surface area (Å²) in [6.07, 6.45) is 0.303. The molecule has 0 aliphatic carbocycles. The second-order valence-electron chi connectivity index (χ2n) is 6.18. The van der Waals surface area contributed by atoms with Crippen LogP contribution in [0, 0.1) is 5.82 Å². The molecule has 0 spiro atoms. The molecule has 1 heterocycles. The first-order valence-electron chi connectivity index (χ1n) is 7.48. The number of likely N-dealkylation sites (N-methyl/N-ethyl adjacent to an activating group) is 1. The second-order valence-corrected chi connectivity index (χ2v) is 6.18. The number of rotatable bonds is 5. The highest BCUT2D eigenvalue weighted by molar-refractivity contribution is 5.52. The zero-order valence-electron chi connectivity index (χ0n) is 13.3. The molecule has 1 aromatic rings. The predicted octanol–water partition coefficient (Wildman–Crippen LogP) is 1.61. The van der Waals surface area contributed by atoms with Crippen LogP contribution in [0.25, 0.3) is 0 Å². The normalized spacial score (nSPS) is 23.9. The molecular formula is C16H26FN3O. The number of halogens is 1. The number of nitrogens with one attached hydrogen (secondary N) is 1. The van der Waals surface area contributed by atoms with Crippen LogP contribution in [0.2, 0.25) is 0 Å². The van der Waals surface area contributed by atoms with Crippen molar-refractivity contribution in [2.24, 2.45) is 0 Å². The Labute approximate surface area is 126 Å². The minimum Gasteiger partial charge on any atom is -0.391 e. The lowest BCUT2D eigenvalue weighted by Crippen LogP contribution is -2.38. The maximum Gasteiger partial charge on any atom is 0.146 e. The van der Waals surface area contributed by atoms with Crippen molar-refractivity contribution in [3.8, 4) is 0 Å². The van der Waals surface area contributed by atoms with Gasteiger partial charge in [-0.25, -0.2) is 4.39 Å². The summed E-state index contributed by atoms with van der Waals surface area (Å²) in [6.45, 7) is 3.31. The highest BCUT2D eigenvalue weighted by Crippen LogP contribution is 2.30. The molecule has 1 aromatic carbocycles. The van der Waals surface area contributed by atoms with E-state index in [0.717, 1.165) is 12.1 Å². The van der Waals surface area contributed by atoms with Gasteiger partial charge in [-0.05, 0) is 52.2 Å². The van der Waals surface area contributed by atoms with Crippen molar-refractivity contribution >= 4 is 5.69 Å². The van der Waals surface area contributed by atoms with Gasteiger partial charge in [-0.15, -0.1) is 0 Å². The summed E-state index contributed by atoms with van der Waals surface area (Å²) in [5, 5.41) is 13.0. The summed E-state index contributed by atoms with van der Waals surface area (Å²) in [4.78, 5) is 4.07. The van der Waals surface area contributed by atoms with E-state index in [1.54, 1.807) is 6.07 Å². The van der Waals surface area contributed by atoms with E-state index in [-0.39, 0.29) is 24.0 Å². The molecule has 118 valence electrons. The molecule has 0 radical (unpaired) electrons. The zero-order valence-corrected chi connectivity index (χ0v) is 13.3. The van der Waals surface area contributed by atoms with E-state index < -0.39 is 0 Å². The summed E-state index contributed by atoms with van der Waals surface area (Å²) in [5.41, 5.74) is 1.52. The molecule has 0 aromatic heterocycles. The molecule has 2 rings (SSSR count). The molecule has 1 fully saturated rings. The van der Waals surface area contributed by atoms with E-state index in [4.69, 9.17) is 0 Å². The Hall–Kier alpha value is -1.17. The summed E-state index contributed by atoms with van der Waals surface area (Å²) in [7, 11) is 5.86. The minimum atomic E-state index is -0.384. The Bertz CT molecular complexity index is 481. The van der Waals surface area contributed by atoms with Gasteiger partial charge < -0.3 is 20.2 Å². The Balaban J connectivity index is 2.23. The average molecular weight is 295 g/mol. The SMILES string of the molecule is CNC(C)c1ccc(N2CC(O)CC2CN(C)C)c(F)c1. The summed E-state index contributed by atoms with van der Waals surface area (Å²) in [6, 6.07) is 5.65. The van der Waals surface area contributed by atoms with Crippen molar-refractivity contribution in [3.05, 3.63) is 29.6 Å². The molecule has 1 aliphatic rings. The number of aliphatic hydroxyl groups excluding tert-OH is 1. The fraction of sp³-hybridized carbons (Fsp3) is 0.625. The lowest BCUT2D eigenvalue weighted by molar-refractivity contribution is 0.191. The lowest BCUT2D eigenvalue weighted by Gasteiger charge is -2.29. The molecule has 0 bridgehead atoms. The molecular weight excluding hydrogens is 269 g/mol. The molecule has 3 atom stereocenters. The largest absolute Gasteiger partial charge is 0.391 e. The number of nitrogens with zero attached hydrogens (tertiary/aromatic N) is 2. The molecule has 2 N–H and O–H groups in total. The first-order chi connectivity index (χ1) is 9.92. The van der Waals surface area contributed by atoms with E-state index in [9.17, 15) is 9.50 Å². The molecule has 5 heteroatoms. The van der Waals surface area contributed by atoms with E-state index >= 15 is 0 Å². The van der Waals surface area contributed by atoms with E-state index in [1.807, 2.05) is 45.1 Å². The third kappa shape index (κ3) is 3.73. The van der Waals surface area contributed by atoms with Gasteiger partial charge in [-0.1, -0.05) is 6.07 Å². The maximum atomic E-state index is 14.5. The van der Waals surface area contributed by atoms with Crippen molar-refractivity contribution in [1.29, 1.82) is 0 Å².